The number of H-pyrrole nitrogens is 1. The fraction of sp³-hybridized carbons (Fsp3) is 0.417. The molecule has 1 aliphatic carbocycles. The summed E-state index contributed by atoms with van der Waals surface area (Å²) in [6.45, 7) is 6.53. The molecular formula is C24H28FN5O2S. The van der Waals surface area contributed by atoms with Gasteiger partial charge >= 0.3 is 0 Å². The highest BCUT2D eigenvalue weighted by Gasteiger charge is 2.30. The van der Waals surface area contributed by atoms with Gasteiger partial charge in [0, 0.05) is 40.5 Å². The second-order valence-electron chi connectivity index (χ2n) is 10.1. The summed E-state index contributed by atoms with van der Waals surface area (Å²) in [7, 11) is -3.51. The summed E-state index contributed by atoms with van der Waals surface area (Å²) in [5.74, 6) is 0.412. The van der Waals surface area contributed by atoms with Gasteiger partial charge in [0.25, 0.3) is 0 Å². The van der Waals surface area contributed by atoms with E-state index in [1.54, 1.807) is 6.07 Å². The lowest BCUT2D eigenvalue weighted by Crippen LogP contribution is -2.14. The molecule has 0 bridgehead atoms. The second kappa shape index (κ2) is 7.83. The number of anilines is 3. The van der Waals surface area contributed by atoms with Gasteiger partial charge in [0.1, 0.15) is 0 Å². The Morgan fingerprint density at radius 1 is 1.12 bits per heavy atom. The topological polar surface area (TPSA) is 99.8 Å². The number of aromatic amines is 1. The van der Waals surface area contributed by atoms with Crippen LogP contribution in [-0.2, 0) is 21.2 Å². The Kier molecular flexibility index (Phi) is 5.19. The zero-order valence-corrected chi connectivity index (χ0v) is 19.8. The molecule has 174 valence electrons. The predicted octanol–water partition coefficient (Wildman–Crippen LogP) is 5.29. The number of nitrogens with one attached hydrogen (secondary N) is 3. The Bertz CT molecular complexity index is 1310. The van der Waals surface area contributed by atoms with Crippen molar-refractivity contribution < 1.29 is 12.8 Å². The van der Waals surface area contributed by atoms with Gasteiger partial charge in [-0.2, -0.15) is 5.10 Å². The van der Waals surface area contributed by atoms with Crippen LogP contribution in [0.25, 0.3) is 0 Å². The number of rotatable bonds is 4. The Morgan fingerprint density at radius 2 is 1.91 bits per heavy atom. The summed E-state index contributed by atoms with van der Waals surface area (Å²) in [5.41, 5.74) is 4.14. The average Bonchev–Trinajstić information content (AvgIpc) is 3.47. The minimum atomic E-state index is -3.51. The van der Waals surface area contributed by atoms with E-state index >= 15 is 0 Å². The molecule has 0 saturated heterocycles. The summed E-state index contributed by atoms with van der Waals surface area (Å²) in [5, 5.41) is 10.4. The molecule has 2 aromatic heterocycles. The molecule has 3 heterocycles. The van der Waals surface area contributed by atoms with Gasteiger partial charge in [-0.25, -0.2) is 12.8 Å². The molecule has 3 aromatic rings. The highest BCUT2D eigenvalue weighted by atomic mass is 32.2. The maximum atomic E-state index is 14.9. The highest BCUT2D eigenvalue weighted by Crippen LogP contribution is 2.44. The van der Waals surface area contributed by atoms with Gasteiger partial charge in [-0.3, -0.25) is 14.8 Å². The average molecular weight is 470 g/mol. The van der Waals surface area contributed by atoms with Crippen LogP contribution in [0.3, 0.4) is 0 Å². The largest absolute Gasteiger partial charge is 0.336 e. The first-order valence-corrected chi connectivity index (χ1v) is 12.8. The number of sulfonamides is 1. The standard InChI is InChI=1S/C24H28FN5O2S/c1-24(2,3)21-11-15(8-9-26-21)14-4-5-16(10-14)20-12-22(29-28-20)27-19-7-6-18-17(23(19)25)13-33(31,32)30-18/h6-9,11-12,14,16,30H,4-5,10,13H2,1-3H3,(H2,27,28,29). The maximum absolute atomic E-state index is 14.9. The number of nitrogens with zero attached hydrogens (tertiary/aromatic N) is 2. The summed E-state index contributed by atoms with van der Waals surface area (Å²) in [6.07, 6.45) is 5.08. The lowest BCUT2D eigenvalue weighted by atomic mass is 9.88. The minimum absolute atomic E-state index is 0.0189. The Morgan fingerprint density at radius 3 is 2.70 bits per heavy atom. The van der Waals surface area contributed by atoms with Crippen LogP contribution in [0.1, 0.15) is 74.4 Å². The van der Waals surface area contributed by atoms with Gasteiger partial charge in [0.15, 0.2) is 11.6 Å². The van der Waals surface area contributed by atoms with E-state index in [-0.39, 0.29) is 22.4 Å². The number of hydrogen-bond donors (Lipinski definition) is 3. The zero-order valence-electron chi connectivity index (χ0n) is 18.9. The normalized spacial score (nSPS) is 21.6. The van der Waals surface area contributed by atoms with Gasteiger partial charge < -0.3 is 5.32 Å². The third-order valence-electron chi connectivity index (χ3n) is 6.60. The van der Waals surface area contributed by atoms with Crippen LogP contribution in [0.15, 0.2) is 36.5 Å². The van der Waals surface area contributed by atoms with Gasteiger partial charge in [-0.15, -0.1) is 0 Å². The number of aromatic nitrogens is 3. The van der Waals surface area contributed by atoms with Gasteiger partial charge in [0.05, 0.1) is 17.1 Å². The van der Waals surface area contributed by atoms with Gasteiger partial charge in [0.2, 0.25) is 10.0 Å². The van der Waals surface area contributed by atoms with E-state index in [2.05, 4.69) is 58.1 Å². The van der Waals surface area contributed by atoms with Gasteiger partial charge in [-0.05, 0) is 55.0 Å². The van der Waals surface area contributed by atoms with Crippen molar-refractivity contribution >= 4 is 27.2 Å². The molecule has 2 unspecified atom stereocenters. The van der Waals surface area contributed by atoms with Crippen molar-refractivity contribution in [2.75, 3.05) is 10.0 Å². The Labute approximate surface area is 193 Å². The van der Waals surface area contributed by atoms with E-state index in [9.17, 15) is 12.8 Å². The lowest BCUT2D eigenvalue weighted by molar-refractivity contribution is 0.565. The molecular weight excluding hydrogens is 441 g/mol. The van der Waals surface area contributed by atoms with Gasteiger partial charge in [-0.1, -0.05) is 20.8 Å². The number of benzene rings is 1. The fourth-order valence-corrected chi connectivity index (χ4v) is 6.03. The molecule has 0 amide bonds. The summed E-state index contributed by atoms with van der Waals surface area (Å²) in [4.78, 5) is 4.55. The van der Waals surface area contributed by atoms with E-state index in [1.165, 1.54) is 11.6 Å². The van der Waals surface area contributed by atoms with Crippen molar-refractivity contribution in [3.05, 3.63) is 64.9 Å². The first-order chi connectivity index (χ1) is 15.6. The number of fused-ring (bicyclic) bond motifs is 1. The van der Waals surface area contributed by atoms with Crippen LogP contribution < -0.4 is 10.0 Å². The van der Waals surface area contributed by atoms with Crippen LogP contribution in [-0.4, -0.2) is 23.6 Å². The molecule has 2 atom stereocenters. The van der Waals surface area contributed by atoms with Crippen LogP contribution in [0, 0.1) is 5.82 Å². The van der Waals surface area contributed by atoms with E-state index in [0.717, 1.165) is 30.7 Å². The Balaban J connectivity index is 1.29. The Hall–Kier alpha value is -2.94. The molecule has 1 aliphatic heterocycles. The monoisotopic (exact) mass is 469 g/mol. The third-order valence-corrected chi connectivity index (χ3v) is 7.80. The highest BCUT2D eigenvalue weighted by molar-refractivity contribution is 7.92. The van der Waals surface area contributed by atoms with E-state index < -0.39 is 15.8 Å². The van der Waals surface area contributed by atoms with Crippen molar-refractivity contribution in [1.82, 2.24) is 15.2 Å². The molecule has 9 heteroatoms. The summed E-state index contributed by atoms with van der Waals surface area (Å²) < 4.78 is 40.7. The first kappa shape index (κ1) is 21.9. The first-order valence-electron chi connectivity index (χ1n) is 11.2. The number of halogens is 1. The molecule has 1 saturated carbocycles. The minimum Gasteiger partial charge on any atom is -0.336 e. The van der Waals surface area contributed by atoms with Crippen LogP contribution in [0.2, 0.25) is 0 Å². The zero-order chi connectivity index (χ0) is 23.4. The smallest absolute Gasteiger partial charge is 0.237 e. The molecule has 3 N–H and O–H groups in total. The fourth-order valence-electron chi connectivity index (χ4n) is 4.77. The van der Waals surface area contributed by atoms with Crippen molar-refractivity contribution in [1.29, 1.82) is 0 Å². The second-order valence-corrected chi connectivity index (χ2v) is 11.8. The SMILES string of the molecule is CC(C)(C)c1cc(C2CCC(c3cc(Nc4ccc5c(c4F)CS(=O)(=O)N5)n[nH]3)C2)ccn1. The molecule has 2 aliphatic rings. The molecule has 0 spiro atoms. The van der Waals surface area contributed by atoms with E-state index in [4.69, 9.17) is 0 Å². The van der Waals surface area contributed by atoms with Crippen molar-refractivity contribution in [3.63, 3.8) is 0 Å². The molecule has 7 nitrogen and oxygen atoms in total. The molecule has 1 fully saturated rings. The van der Waals surface area contributed by atoms with E-state index in [0.29, 0.717) is 23.3 Å². The number of hydrogen-bond acceptors (Lipinski definition) is 5. The summed E-state index contributed by atoms with van der Waals surface area (Å²) >= 11 is 0. The molecule has 0 radical (unpaired) electrons. The van der Waals surface area contributed by atoms with Crippen LogP contribution in [0.5, 0.6) is 0 Å². The van der Waals surface area contributed by atoms with Crippen LogP contribution >= 0.6 is 0 Å². The predicted molar refractivity (Wildman–Crippen MR) is 127 cm³/mol. The van der Waals surface area contributed by atoms with E-state index in [1.807, 2.05) is 12.3 Å². The molecule has 1 aromatic carbocycles. The third kappa shape index (κ3) is 4.34. The van der Waals surface area contributed by atoms with Crippen molar-refractivity contribution in [3.8, 4) is 0 Å². The lowest BCUT2D eigenvalue weighted by Gasteiger charge is -2.20. The maximum Gasteiger partial charge on any atom is 0.237 e. The quantitative estimate of drug-likeness (QED) is 0.482. The number of pyridine rings is 1. The molecule has 33 heavy (non-hydrogen) atoms. The van der Waals surface area contributed by atoms with Crippen molar-refractivity contribution in [2.45, 2.75) is 63.0 Å². The molecule has 5 rings (SSSR count). The summed E-state index contributed by atoms with van der Waals surface area (Å²) in [6, 6.07) is 9.37. The van der Waals surface area contributed by atoms with Crippen molar-refractivity contribution in [2.24, 2.45) is 0 Å². The van der Waals surface area contributed by atoms with Crippen LogP contribution in [0.4, 0.5) is 21.6 Å².